The maximum absolute atomic E-state index is 14.8. The number of nitrogens with one attached hydrogen (secondary N) is 4. The SMILES string of the molecule is O=C(N[C@H]1CCCC/C=C\[C@@H]2C[C@@]2(C(=O)NNC(=O)c2ccc([N+](=O)[O-])cc2)NC(=O)[C@@H]2C[C@@H](n3ncc(-c4ccccc4)c(-c4ccccc4)c3=O)CN2C1=O)OC1CCCC1. The second-order valence-electron chi connectivity index (χ2n) is 16.5. The highest BCUT2D eigenvalue weighted by Gasteiger charge is 2.61. The van der Waals surface area contributed by atoms with Crippen LogP contribution in [-0.4, -0.2) is 79.6 Å². The first-order valence-electron chi connectivity index (χ1n) is 21.4. The lowest BCUT2D eigenvalue weighted by atomic mass is 9.97. The summed E-state index contributed by atoms with van der Waals surface area (Å²) < 4.78 is 7.00. The Balaban J connectivity index is 1.10. The summed E-state index contributed by atoms with van der Waals surface area (Å²) in [5.41, 5.74) is 5.12. The summed E-state index contributed by atoms with van der Waals surface area (Å²) >= 11 is 0. The van der Waals surface area contributed by atoms with E-state index in [4.69, 9.17) is 4.74 Å². The number of aromatic nitrogens is 2. The van der Waals surface area contributed by atoms with Gasteiger partial charge in [0.05, 0.1) is 22.7 Å². The highest BCUT2D eigenvalue weighted by Crippen LogP contribution is 2.46. The molecule has 3 aromatic carbocycles. The molecule has 63 heavy (non-hydrogen) atoms. The molecule has 0 bridgehead atoms. The van der Waals surface area contributed by atoms with Crippen LogP contribution in [0.5, 0.6) is 0 Å². The number of rotatable bonds is 8. The molecule has 3 heterocycles. The monoisotopic (exact) mass is 856 g/mol. The van der Waals surface area contributed by atoms with Crippen molar-refractivity contribution in [2.75, 3.05) is 6.54 Å². The summed E-state index contributed by atoms with van der Waals surface area (Å²) in [6.07, 6.45) is 9.99. The molecule has 3 fully saturated rings. The summed E-state index contributed by atoms with van der Waals surface area (Å²) in [6.45, 7) is -0.105. The second kappa shape index (κ2) is 18.4. The van der Waals surface area contributed by atoms with Gasteiger partial charge in [-0.05, 0) is 74.6 Å². The molecule has 8 rings (SSSR count). The molecule has 4 N–H and O–H groups in total. The predicted molar refractivity (Wildman–Crippen MR) is 229 cm³/mol. The first-order chi connectivity index (χ1) is 30.5. The number of hydrazine groups is 1. The van der Waals surface area contributed by atoms with Crippen LogP contribution >= 0.6 is 0 Å². The first-order valence-corrected chi connectivity index (χ1v) is 21.4. The largest absolute Gasteiger partial charge is 0.446 e. The molecule has 1 saturated heterocycles. The lowest BCUT2D eigenvalue weighted by molar-refractivity contribution is -0.384. The van der Waals surface area contributed by atoms with Crippen LogP contribution in [0.2, 0.25) is 0 Å². The van der Waals surface area contributed by atoms with Gasteiger partial charge in [-0.15, -0.1) is 0 Å². The molecule has 2 aliphatic carbocycles. The topological polar surface area (TPSA) is 224 Å². The minimum atomic E-state index is -1.51. The number of fused-ring (bicyclic) bond motifs is 2. The quantitative estimate of drug-likeness (QED) is 0.104. The Morgan fingerprint density at radius 1 is 0.857 bits per heavy atom. The van der Waals surface area contributed by atoms with Gasteiger partial charge in [0.1, 0.15) is 23.7 Å². The number of benzene rings is 3. The minimum Gasteiger partial charge on any atom is -0.446 e. The molecule has 4 aromatic rings. The van der Waals surface area contributed by atoms with Crippen LogP contribution in [0.4, 0.5) is 10.5 Å². The van der Waals surface area contributed by atoms with Crippen molar-refractivity contribution in [1.29, 1.82) is 0 Å². The molecule has 17 heteroatoms. The van der Waals surface area contributed by atoms with E-state index in [1.165, 1.54) is 33.8 Å². The fourth-order valence-electron chi connectivity index (χ4n) is 8.91. The van der Waals surface area contributed by atoms with Crippen molar-refractivity contribution in [2.24, 2.45) is 5.92 Å². The fraction of sp³-hybridized carbons (Fsp3) is 0.370. The summed E-state index contributed by atoms with van der Waals surface area (Å²) in [4.78, 5) is 96.2. The van der Waals surface area contributed by atoms with E-state index in [1.807, 2.05) is 72.8 Å². The first kappa shape index (κ1) is 42.5. The molecule has 5 atom stereocenters. The highest BCUT2D eigenvalue weighted by molar-refractivity contribution is 6.00. The number of non-ortho nitro benzene ring substituents is 1. The Labute approximate surface area is 362 Å². The fourth-order valence-corrected chi connectivity index (χ4v) is 8.91. The van der Waals surface area contributed by atoms with Crippen molar-refractivity contribution in [3.8, 4) is 22.3 Å². The van der Waals surface area contributed by atoms with Gasteiger partial charge >= 0.3 is 6.09 Å². The molecule has 5 amide bonds. The number of hydrogen-bond acceptors (Lipinski definition) is 10. The van der Waals surface area contributed by atoms with Gasteiger partial charge in [-0.25, -0.2) is 9.48 Å². The Morgan fingerprint density at radius 3 is 2.24 bits per heavy atom. The van der Waals surface area contributed by atoms with E-state index in [9.17, 15) is 38.9 Å². The van der Waals surface area contributed by atoms with E-state index >= 15 is 0 Å². The molecule has 0 spiro atoms. The third-order valence-electron chi connectivity index (χ3n) is 12.4. The van der Waals surface area contributed by atoms with E-state index in [2.05, 4.69) is 26.6 Å². The van der Waals surface area contributed by atoms with Crippen molar-refractivity contribution in [3.05, 3.63) is 129 Å². The number of nitrogens with zero attached hydrogens (tertiary/aromatic N) is 4. The molecule has 2 saturated carbocycles. The van der Waals surface area contributed by atoms with Crippen LogP contribution in [-0.2, 0) is 19.1 Å². The number of nitro groups is 1. The number of amides is 5. The van der Waals surface area contributed by atoms with Crippen LogP contribution in [0.15, 0.2) is 108 Å². The molecule has 17 nitrogen and oxygen atoms in total. The molecule has 0 unspecified atom stereocenters. The van der Waals surface area contributed by atoms with Gasteiger partial charge in [-0.3, -0.25) is 44.9 Å². The maximum Gasteiger partial charge on any atom is 0.408 e. The van der Waals surface area contributed by atoms with Crippen LogP contribution in [0.3, 0.4) is 0 Å². The minimum absolute atomic E-state index is 0.0439. The predicted octanol–water partition coefficient (Wildman–Crippen LogP) is 5.13. The maximum atomic E-state index is 14.8. The zero-order valence-electron chi connectivity index (χ0n) is 34.4. The number of allylic oxidation sites excluding steroid dienone is 1. The molecular weight excluding hydrogens is 809 g/mol. The highest BCUT2D eigenvalue weighted by atomic mass is 16.6. The van der Waals surface area contributed by atoms with Crippen molar-refractivity contribution in [3.63, 3.8) is 0 Å². The summed E-state index contributed by atoms with van der Waals surface area (Å²) in [6, 6.07) is 20.4. The number of nitro benzene ring substituents is 1. The van der Waals surface area contributed by atoms with Crippen molar-refractivity contribution < 1.29 is 33.6 Å². The van der Waals surface area contributed by atoms with Gasteiger partial charge in [-0.1, -0.05) is 79.2 Å². The number of carbonyl (C=O) groups excluding carboxylic acids is 5. The summed E-state index contributed by atoms with van der Waals surface area (Å²) in [5, 5.41) is 21.4. The number of ether oxygens (including phenoxy) is 1. The van der Waals surface area contributed by atoms with E-state index in [0.717, 1.165) is 31.2 Å². The number of alkyl carbamates (subject to hydrolysis) is 1. The van der Waals surface area contributed by atoms with Crippen molar-refractivity contribution >= 4 is 35.4 Å². The summed E-state index contributed by atoms with van der Waals surface area (Å²) in [5.74, 6) is -3.10. The normalized spacial score (nSPS) is 24.2. The third kappa shape index (κ3) is 9.22. The second-order valence-corrected chi connectivity index (χ2v) is 16.5. The van der Waals surface area contributed by atoms with Gasteiger partial charge in [0.25, 0.3) is 23.1 Å². The van der Waals surface area contributed by atoms with Crippen LogP contribution < -0.4 is 27.0 Å². The number of hydrogen-bond donors (Lipinski definition) is 4. The van der Waals surface area contributed by atoms with E-state index in [-0.39, 0.29) is 43.2 Å². The van der Waals surface area contributed by atoms with Gasteiger partial charge in [0.2, 0.25) is 11.8 Å². The van der Waals surface area contributed by atoms with Gasteiger partial charge < -0.3 is 20.3 Å². The number of carbonyl (C=O) groups is 5. The zero-order chi connectivity index (χ0) is 44.1. The van der Waals surface area contributed by atoms with E-state index in [0.29, 0.717) is 36.0 Å². The van der Waals surface area contributed by atoms with Gasteiger partial charge in [0.15, 0.2) is 0 Å². The Hall–Kier alpha value is -7.17. The lowest BCUT2D eigenvalue weighted by Crippen LogP contribution is -2.59. The standard InChI is InChI=1S/C46H48N8O9/c55-40(31-21-23-33(24-22-31)54(61)62)50-51-44(59)46-26-32(46)17-9-1-2-10-20-37(48-45(60)63-35-18-11-12-19-35)42(57)52-28-34(25-38(52)41(56)49-46)53-43(58)39(30-15-7-4-8-16-30)36(27-47-53)29-13-5-3-6-14-29/h3-9,13-17,21-24,27,32,34-35,37-38H,1-2,10-12,18-20,25-26,28H2,(H,48,60)(H,49,56)(H,50,55)(H,51,59)/b17-9-/t32-,34-,37+,38+,46-/m1/s1. The third-order valence-corrected chi connectivity index (χ3v) is 12.4. The molecule has 326 valence electrons. The van der Waals surface area contributed by atoms with Crippen molar-refractivity contribution in [1.82, 2.24) is 36.2 Å². The summed E-state index contributed by atoms with van der Waals surface area (Å²) in [7, 11) is 0. The van der Waals surface area contributed by atoms with Crippen LogP contribution in [0.1, 0.15) is 80.6 Å². The van der Waals surface area contributed by atoms with E-state index in [1.54, 1.807) is 6.20 Å². The van der Waals surface area contributed by atoms with Gasteiger partial charge in [0, 0.05) is 42.1 Å². The van der Waals surface area contributed by atoms with Crippen molar-refractivity contribution in [2.45, 2.75) is 94.0 Å². The molecular formula is C46H48N8O9. The Kier molecular flexibility index (Phi) is 12.4. The molecule has 1 aromatic heterocycles. The van der Waals surface area contributed by atoms with Gasteiger partial charge in [-0.2, -0.15) is 5.10 Å². The smallest absolute Gasteiger partial charge is 0.408 e. The zero-order valence-corrected chi connectivity index (χ0v) is 34.4. The van der Waals surface area contributed by atoms with Crippen LogP contribution in [0.25, 0.3) is 22.3 Å². The Morgan fingerprint density at radius 2 is 1.54 bits per heavy atom. The molecule has 4 aliphatic rings. The van der Waals surface area contributed by atoms with Crippen LogP contribution in [0, 0.1) is 16.0 Å². The Bertz CT molecular complexity index is 2470. The average Bonchev–Trinajstić information content (AvgIpc) is 3.56. The molecule has 2 aliphatic heterocycles. The molecule has 0 radical (unpaired) electrons. The average molecular weight is 857 g/mol. The van der Waals surface area contributed by atoms with E-state index < -0.39 is 69.8 Å². The lowest BCUT2D eigenvalue weighted by Gasteiger charge is -2.30.